The van der Waals surface area contributed by atoms with Gasteiger partial charge in [0.2, 0.25) is 0 Å². The van der Waals surface area contributed by atoms with Crippen molar-refractivity contribution >= 4 is 0 Å². The first kappa shape index (κ1) is 15.5. The zero-order valence-electron chi connectivity index (χ0n) is 11.8. The van der Waals surface area contributed by atoms with E-state index in [-0.39, 0.29) is 18.5 Å². The third-order valence-corrected chi connectivity index (χ3v) is 3.18. The highest BCUT2D eigenvalue weighted by molar-refractivity contribution is 5.22. The molecule has 0 saturated heterocycles. The van der Waals surface area contributed by atoms with E-state index in [0.717, 1.165) is 18.5 Å². The lowest BCUT2D eigenvalue weighted by atomic mass is 10.1. The molecule has 0 radical (unpaired) electrons. The van der Waals surface area contributed by atoms with Gasteiger partial charge in [0.05, 0.1) is 19.3 Å². The number of ether oxygens (including phenoxy) is 1. The van der Waals surface area contributed by atoms with E-state index in [1.807, 2.05) is 30.3 Å². The van der Waals surface area contributed by atoms with Crippen LogP contribution in [-0.4, -0.2) is 24.9 Å². The highest BCUT2D eigenvalue weighted by atomic mass is 19.1. The van der Waals surface area contributed by atoms with E-state index in [1.54, 1.807) is 12.1 Å². The maximum atomic E-state index is 12.7. The molecule has 0 saturated carbocycles. The summed E-state index contributed by atoms with van der Waals surface area (Å²) in [5.41, 5.74) is 1.07. The van der Waals surface area contributed by atoms with E-state index >= 15 is 0 Å². The molecule has 21 heavy (non-hydrogen) atoms. The molecule has 0 amide bonds. The lowest BCUT2D eigenvalue weighted by Crippen LogP contribution is -2.26. The van der Waals surface area contributed by atoms with Crippen LogP contribution in [0.4, 0.5) is 4.39 Å². The van der Waals surface area contributed by atoms with Crippen LogP contribution in [0.3, 0.4) is 0 Å². The van der Waals surface area contributed by atoms with Gasteiger partial charge in [0, 0.05) is 0 Å². The quantitative estimate of drug-likeness (QED) is 0.734. The van der Waals surface area contributed by atoms with E-state index in [1.165, 1.54) is 12.1 Å². The standard InChI is InChI=1S/C17H20FNO2/c18-15-7-9-16(10-8-15)21-12-4-11-19-17(13-20)14-5-2-1-3-6-14/h1-3,5-10,17,19-20H,4,11-13H2. The SMILES string of the molecule is OCC(NCCCOc1ccc(F)cc1)c1ccccc1. The first-order valence-corrected chi connectivity index (χ1v) is 7.07. The molecule has 1 unspecified atom stereocenters. The first-order valence-electron chi connectivity index (χ1n) is 7.07. The smallest absolute Gasteiger partial charge is 0.123 e. The molecule has 0 aliphatic carbocycles. The molecule has 1 atom stereocenters. The van der Waals surface area contributed by atoms with Gasteiger partial charge in [-0.3, -0.25) is 0 Å². The minimum absolute atomic E-state index is 0.0583. The molecule has 0 spiro atoms. The second-order valence-corrected chi connectivity index (χ2v) is 4.76. The number of halogens is 1. The predicted octanol–water partition coefficient (Wildman–Crippen LogP) is 2.92. The molecule has 2 rings (SSSR count). The summed E-state index contributed by atoms with van der Waals surface area (Å²) < 4.78 is 18.2. The Bertz CT molecular complexity index is 516. The average molecular weight is 289 g/mol. The number of rotatable bonds is 8. The minimum atomic E-state index is -0.266. The Morgan fingerprint density at radius 2 is 1.76 bits per heavy atom. The molecule has 3 nitrogen and oxygen atoms in total. The molecule has 4 heteroatoms. The van der Waals surface area contributed by atoms with Gasteiger partial charge in [-0.25, -0.2) is 4.39 Å². The zero-order valence-corrected chi connectivity index (χ0v) is 11.8. The fraction of sp³-hybridized carbons (Fsp3) is 0.294. The Labute approximate surface area is 124 Å². The number of hydrogen-bond acceptors (Lipinski definition) is 3. The summed E-state index contributed by atoms with van der Waals surface area (Å²) in [5, 5.41) is 12.7. The van der Waals surface area contributed by atoms with E-state index in [4.69, 9.17) is 4.74 Å². The van der Waals surface area contributed by atoms with Crippen LogP contribution in [0.5, 0.6) is 5.75 Å². The molecule has 0 heterocycles. The molecule has 2 aromatic carbocycles. The van der Waals surface area contributed by atoms with Crippen molar-refractivity contribution in [3.05, 3.63) is 66.0 Å². The summed E-state index contributed by atoms with van der Waals surface area (Å²) in [5.74, 6) is 0.399. The van der Waals surface area contributed by atoms with Crippen molar-refractivity contribution < 1.29 is 14.2 Å². The molecule has 0 bridgehead atoms. The van der Waals surface area contributed by atoms with E-state index in [2.05, 4.69) is 5.32 Å². The summed E-state index contributed by atoms with van der Waals surface area (Å²) in [6.07, 6.45) is 0.806. The van der Waals surface area contributed by atoms with Gasteiger partial charge in [0.1, 0.15) is 11.6 Å². The summed E-state index contributed by atoms with van der Waals surface area (Å²) in [6.45, 7) is 1.34. The molecule has 0 aliphatic rings. The van der Waals surface area contributed by atoms with Crippen LogP contribution in [0.25, 0.3) is 0 Å². The monoisotopic (exact) mass is 289 g/mol. The van der Waals surface area contributed by atoms with Crippen LogP contribution in [-0.2, 0) is 0 Å². The lowest BCUT2D eigenvalue weighted by molar-refractivity contribution is 0.239. The molecule has 0 aliphatic heterocycles. The Kier molecular flexibility index (Phi) is 6.19. The van der Waals surface area contributed by atoms with Gasteiger partial charge < -0.3 is 15.2 Å². The Morgan fingerprint density at radius 1 is 1.05 bits per heavy atom. The van der Waals surface area contributed by atoms with Gasteiger partial charge in [-0.15, -0.1) is 0 Å². The summed E-state index contributed by atoms with van der Waals surface area (Å²) in [4.78, 5) is 0. The van der Waals surface area contributed by atoms with Gasteiger partial charge in [0.15, 0.2) is 0 Å². The van der Waals surface area contributed by atoms with Crippen LogP contribution in [0, 0.1) is 5.82 Å². The number of nitrogens with one attached hydrogen (secondary N) is 1. The van der Waals surface area contributed by atoms with E-state index in [9.17, 15) is 9.50 Å². The molecular weight excluding hydrogens is 269 g/mol. The molecule has 2 N–H and O–H groups in total. The zero-order chi connectivity index (χ0) is 14.9. The fourth-order valence-electron chi connectivity index (χ4n) is 2.04. The fourth-order valence-corrected chi connectivity index (χ4v) is 2.04. The van der Waals surface area contributed by atoms with E-state index < -0.39 is 0 Å². The van der Waals surface area contributed by atoms with Crippen LogP contribution >= 0.6 is 0 Å². The molecule has 0 aromatic heterocycles. The van der Waals surface area contributed by atoms with Crippen molar-refractivity contribution in [2.45, 2.75) is 12.5 Å². The van der Waals surface area contributed by atoms with Crippen LogP contribution in [0.1, 0.15) is 18.0 Å². The topological polar surface area (TPSA) is 41.5 Å². The van der Waals surface area contributed by atoms with Gasteiger partial charge in [0.25, 0.3) is 0 Å². The highest BCUT2D eigenvalue weighted by Gasteiger charge is 2.08. The van der Waals surface area contributed by atoms with Gasteiger partial charge >= 0.3 is 0 Å². The van der Waals surface area contributed by atoms with Gasteiger partial charge in [-0.05, 0) is 42.8 Å². The minimum Gasteiger partial charge on any atom is -0.494 e. The summed E-state index contributed by atoms with van der Waals surface area (Å²) in [7, 11) is 0. The van der Waals surface area contributed by atoms with Crippen molar-refractivity contribution in [3.8, 4) is 5.75 Å². The Hall–Kier alpha value is -1.91. The van der Waals surface area contributed by atoms with Crippen LogP contribution < -0.4 is 10.1 Å². The summed E-state index contributed by atoms with van der Waals surface area (Å²) in [6, 6.07) is 15.8. The van der Waals surface area contributed by atoms with Crippen molar-refractivity contribution in [2.24, 2.45) is 0 Å². The highest BCUT2D eigenvalue weighted by Crippen LogP contribution is 2.12. The lowest BCUT2D eigenvalue weighted by Gasteiger charge is -2.16. The number of aliphatic hydroxyl groups excluding tert-OH is 1. The van der Waals surface area contributed by atoms with Crippen LogP contribution in [0.15, 0.2) is 54.6 Å². The second kappa shape index (κ2) is 8.39. The maximum absolute atomic E-state index is 12.7. The maximum Gasteiger partial charge on any atom is 0.123 e. The largest absolute Gasteiger partial charge is 0.494 e. The number of benzene rings is 2. The van der Waals surface area contributed by atoms with Crippen molar-refractivity contribution in [1.29, 1.82) is 0 Å². The molecule has 2 aromatic rings. The third-order valence-electron chi connectivity index (χ3n) is 3.18. The van der Waals surface area contributed by atoms with Crippen molar-refractivity contribution in [3.63, 3.8) is 0 Å². The van der Waals surface area contributed by atoms with Crippen molar-refractivity contribution in [2.75, 3.05) is 19.8 Å². The first-order chi connectivity index (χ1) is 10.3. The Morgan fingerprint density at radius 3 is 2.43 bits per heavy atom. The molecular formula is C17H20FNO2. The van der Waals surface area contributed by atoms with Gasteiger partial charge in [-0.2, -0.15) is 0 Å². The van der Waals surface area contributed by atoms with Gasteiger partial charge in [-0.1, -0.05) is 30.3 Å². The molecule has 0 fully saturated rings. The van der Waals surface area contributed by atoms with Crippen molar-refractivity contribution in [1.82, 2.24) is 5.32 Å². The average Bonchev–Trinajstić information content (AvgIpc) is 2.53. The second-order valence-electron chi connectivity index (χ2n) is 4.76. The van der Waals surface area contributed by atoms with Crippen LogP contribution in [0.2, 0.25) is 0 Å². The molecule has 112 valence electrons. The predicted molar refractivity (Wildman–Crippen MR) is 80.8 cm³/mol. The number of aliphatic hydroxyl groups is 1. The number of hydrogen-bond donors (Lipinski definition) is 2. The Balaban J connectivity index is 1.68. The normalized spacial score (nSPS) is 12.1. The third kappa shape index (κ3) is 5.17. The van der Waals surface area contributed by atoms with E-state index in [0.29, 0.717) is 12.4 Å². The summed E-state index contributed by atoms with van der Waals surface area (Å²) >= 11 is 0.